The van der Waals surface area contributed by atoms with Crippen LogP contribution in [0.15, 0.2) is 48.5 Å². The molecule has 6 nitrogen and oxygen atoms in total. The number of aryl methyl sites for hydroxylation is 2. The number of nitriles is 1. The number of carbonyl (C=O) groups excluding carboxylic acids is 1. The molecule has 1 amide bonds. The van der Waals surface area contributed by atoms with Crippen molar-refractivity contribution >= 4 is 5.91 Å². The Morgan fingerprint density at radius 3 is 2.42 bits per heavy atom. The van der Waals surface area contributed by atoms with Crippen LogP contribution in [-0.2, 0) is 24.3 Å². The lowest BCUT2D eigenvalue weighted by atomic mass is 10.1. The summed E-state index contributed by atoms with van der Waals surface area (Å²) in [5, 5.41) is 16.1. The van der Waals surface area contributed by atoms with Crippen LogP contribution in [0.25, 0.3) is 0 Å². The quantitative estimate of drug-likeness (QED) is 0.549. The zero-order valence-corrected chi connectivity index (χ0v) is 17.7. The number of amides is 1. The summed E-state index contributed by atoms with van der Waals surface area (Å²) in [5.41, 5.74) is 3.93. The molecule has 0 radical (unpaired) electrons. The van der Waals surface area contributed by atoms with Gasteiger partial charge in [0.1, 0.15) is 17.3 Å². The predicted molar refractivity (Wildman–Crippen MR) is 115 cm³/mol. The standard InChI is InChI=1S/C24H25FN4O2/c1-17-23(18(2)29(28-17)15-3-14-26)12-13-24(30)27-16-19-4-8-21(9-5-19)31-22-10-6-20(25)7-11-22/h4-11H,3,12-13,15-16H2,1-2H3,(H,27,30). The zero-order valence-electron chi connectivity index (χ0n) is 17.7. The van der Waals surface area contributed by atoms with Crippen molar-refractivity contribution < 1.29 is 13.9 Å². The number of benzene rings is 2. The fourth-order valence-electron chi connectivity index (χ4n) is 3.31. The Kier molecular flexibility index (Phi) is 7.39. The molecule has 160 valence electrons. The number of rotatable bonds is 9. The fraction of sp³-hybridized carbons (Fsp3) is 0.292. The number of hydrogen-bond acceptors (Lipinski definition) is 4. The monoisotopic (exact) mass is 420 g/mol. The van der Waals surface area contributed by atoms with Crippen LogP contribution in [0.2, 0.25) is 0 Å². The number of halogens is 1. The normalized spacial score (nSPS) is 10.5. The third-order valence-electron chi connectivity index (χ3n) is 5.03. The Bertz CT molecular complexity index is 1070. The summed E-state index contributed by atoms with van der Waals surface area (Å²) in [6.07, 6.45) is 1.40. The maximum absolute atomic E-state index is 13.0. The van der Waals surface area contributed by atoms with E-state index in [0.29, 0.717) is 43.9 Å². The van der Waals surface area contributed by atoms with Gasteiger partial charge in [0, 0.05) is 18.7 Å². The van der Waals surface area contributed by atoms with Gasteiger partial charge in [-0.25, -0.2) is 4.39 Å². The van der Waals surface area contributed by atoms with E-state index in [0.717, 1.165) is 22.5 Å². The van der Waals surface area contributed by atoms with Crippen molar-refractivity contribution in [3.8, 4) is 17.6 Å². The molecule has 0 aliphatic rings. The SMILES string of the molecule is Cc1nn(CCC#N)c(C)c1CCC(=O)NCc1ccc(Oc2ccc(F)cc2)cc1. The Labute approximate surface area is 181 Å². The Balaban J connectivity index is 1.47. The second kappa shape index (κ2) is 10.4. The second-order valence-corrected chi connectivity index (χ2v) is 7.26. The summed E-state index contributed by atoms with van der Waals surface area (Å²) >= 11 is 0. The van der Waals surface area contributed by atoms with Gasteiger partial charge in [-0.15, -0.1) is 0 Å². The highest BCUT2D eigenvalue weighted by Crippen LogP contribution is 2.22. The zero-order chi connectivity index (χ0) is 22.2. The summed E-state index contributed by atoms with van der Waals surface area (Å²) in [6, 6.07) is 15.3. The van der Waals surface area contributed by atoms with Crippen LogP contribution >= 0.6 is 0 Å². The summed E-state index contributed by atoms with van der Waals surface area (Å²) in [7, 11) is 0. The Morgan fingerprint density at radius 2 is 1.77 bits per heavy atom. The molecule has 0 aliphatic heterocycles. The predicted octanol–water partition coefficient (Wildman–Crippen LogP) is 4.59. The van der Waals surface area contributed by atoms with E-state index in [4.69, 9.17) is 10.00 Å². The first-order valence-electron chi connectivity index (χ1n) is 10.1. The van der Waals surface area contributed by atoms with E-state index < -0.39 is 0 Å². The van der Waals surface area contributed by atoms with Gasteiger partial charge in [-0.05, 0) is 67.8 Å². The molecule has 3 aromatic rings. The van der Waals surface area contributed by atoms with Crippen molar-refractivity contribution in [1.82, 2.24) is 15.1 Å². The molecule has 2 aromatic carbocycles. The molecule has 0 spiro atoms. The highest BCUT2D eigenvalue weighted by atomic mass is 19.1. The first kappa shape index (κ1) is 22.0. The summed E-state index contributed by atoms with van der Waals surface area (Å²) in [4.78, 5) is 12.3. The van der Waals surface area contributed by atoms with Gasteiger partial charge in [0.25, 0.3) is 0 Å². The van der Waals surface area contributed by atoms with Crippen molar-refractivity contribution in [1.29, 1.82) is 5.26 Å². The molecular weight excluding hydrogens is 395 g/mol. The lowest BCUT2D eigenvalue weighted by Crippen LogP contribution is -2.23. The third-order valence-corrected chi connectivity index (χ3v) is 5.03. The molecule has 0 bridgehead atoms. The minimum Gasteiger partial charge on any atom is -0.457 e. The fourth-order valence-corrected chi connectivity index (χ4v) is 3.31. The maximum atomic E-state index is 13.0. The summed E-state index contributed by atoms with van der Waals surface area (Å²) < 4.78 is 20.5. The van der Waals surface area contributed by atoms with Crippen molar-refractivity contribution in [3.63, 3.8) is 0 Å². The van der Waals surface area contributed by atoms with Gasteiger partial charge in [-0.3, -0.25) is 9.48 Å². The third kappa shape index (κ3) is 6.16. The number of hydrogen-bond donors (Lipinski definition) is 1. The van der Waals surface area contributed by atoms with E-state index in [-0.39, 0.29) is 11.7 Å². The average molecular weight is 420 g/mol. The van der Waals surface area contributed by atoms with Crippen LogP contribution < -0.4 is 10.1 Å². The minimum atomic E-state index is -0.309. The van der Waals surface area contributed by atoms with Crippen LogP contribution in [0.5, 0.6) is 11.5 Å². The first-order chi connectivity index (χ1) is 15.0. The topological polar surface area (TPSA) is 79.9 Å². The summed E-state index contributed by atoms with van der Waals surface area (Å²) in [5.74, 6) is 0.858. The summed E-state index contributed by atoms with van der Waals surface area (Å²) in [6.45, 7) is 4.89. The average Bonchev–Trinajstić information content (AvgIpc) is 3.04. The minimum absolute atomic E-state index is 0.0322. The molecule has 0 unspecified atom stereocenters. The molecule has 1 N–H and O–H groups in total. The van der Waals surface area contributed by atoms with Crippen LogP contribution in [0.3, 0.4) is 0 Å². The van der Waals surface area contributed by atoms with Gasteiger partial charge in [-0.2, -0.15) is 10.4 Å². The molecule has 31 heavy (non-hydrogen) atoms. The molecule has 3 rings (SSSR count). The van der Waals surface area contributed by atoms with Gasteiger partial charge in [-0.1, -0.05) is 12.1 Å². The second-order valence-electron chi connectivity index (χ2n) is 7.26. The van der Waals surface area contributed by atoms with Gasteiger partial charge in [0.15, 0.2) is 0 Å². The van der Waals surface area contributed by atoms with Crippen molar-refractivity contribution in [3.05, 3.63) is 76.9 Å². The van der Waals surface area contributed by atoms with Crippen molar-refractivity contribution in [2.45, 2.75) is 46.2 Å². The molecular formula is C24H25FN4O2. The maximum Gasteiger partial charge on any atom is 0.220 e. The largest absolute Gasteiger partial charge is 0.457 e. The molecule has 0 saturated carbocycles. The van der Waals surface area contributed by atoms with E-state index in [1.807, 2.05) is 42.8 Å². The number of ether oxygens (including phenoxy) is 1. The molecule has 0 atom stereocenters. The van der Waals surface area contributed by atoms with Crippen LogP contribution in [0.4, 0.5) is 4.39 Å². The van der Waals surface area contributed by atoms with E-state index in [1.54, 1.807) is 12.1 Å². The number of nitrogens with one attached hydrogen (secondary N) is 1. The van der Waals surface area contributed by atoms with Gasteiger partial charge < -0.3 is 10.1 Å². The lowest BCUT2D eigenvalue weighted by Gasteiger charge is -2.08. The van der Waals surface area contributed by atoms with Crippen LogP contribution in [-0.4, -0.2) is 15.7 Å². The number of aromatic nitrogens is 2. The molecule has 1 aromatic heterocycles. The van der Waals surface area contributed by atoms with Crippen molar-refractivity contribution in [2.75, 3.05) is 0 Å². The smallest absolute Gasteiger partial charge is 0.220 e. The lowest BCUT2D eigenvalue weighted by molar-refractivity contribution is -0.121. The van der Waals surface area contributed by atoms with Crippen molar-refractivity contribution in [2.24, 2.45) is 0 Å². The van der Waals surface area contributed by atoms with E-state index in [2.05, 4.69) is 16.5 Å². The van der Waals surface area contributed by atoms with Gasteiger partial charge >= 0.3 is 0 Å². The molecule has 7 heteroatoms. The van der Waals surface area contributed by atoms with Gasteiger partial charge in [0.2, 0.25) is 5.91 Å². The molecule has 0 saturated heterocycles. The van der Waals surface area contributed by atoms with E-state index in [1.165, 1.54) is 12.1 Å². The Hall–Kier alpha value is -3.66. The first-order valence-corrected chi connectivity index (χ1v) is 10.1. The number of nitrogens with zero attached hydrogens (tertiary/aromatic N) is 3. The highest BCUT2D eigenvalue weighted by Gasteiger charge is 2.13. The highest BCUT2D eigenvalue weighted by molar-refractivity contribution is 5.76. The van der Waals surface area contributed by atoms with E-state index >= 15 is 0 Å². The van der Waals surface area contributed by atoms with Gasteiger partial charge in [0.05, 0.1) is 24.7 Å². The molecule has 0 aliphatic carbocycles. The molecule has 0 fully saturated rings. The van der Waals surface area contributed by atoms with Crippen LogP contribution in [0, 0.1) is 31.0 Å². The Morgan fingerprint density at radius 1 is 1.13 bits per heavy atom. The van der Waals surface area contributed by atoms with E-state index in [9.17, 15) is 9.18 Å². The van der Waals surface area contributed by atoms with Crippen LogP contribution in [0.1, 0.15) is 35.4 Å². The number of carbonyl (C=O) groups is 1. The molecule has 1 heterocycles.